The fourth-order valence-corrected chi connectivity index (χ4v) is 4.07. The summed E-state index contributed by atoms with van der Waals surface area (Å²) < 4.78 is 0. The second-order valence-electron chi connectivity index (χ2n) is 7.84. The van der Waals surface area contributed by atoms with Gasteiger partial charge in [-0.05, 0) is 57.6 Å². The molecule has 4 aromatic rings. The van der Waals surface area contributed by atoms with E-state index in [9.17, 15) is 39.6 Å². The lowest BCUT2D eigenvalue weighted by atomic mass is 9.84. The zero-order valence-electron chi connectivity index (χ0n) is 18.5. The maximum absolute atomic E-state index is 12.0. The van der Waals surface area contributed by atoms with Gasteiger partial charge in [-0.15, -0.1) is 0 Å². The molecule has 8 nitrogen and oxygen atoms in total. The normalized spacial score (nSPS) is 10.6. The van der Waals surface area contributed by atoms with Crippen LogP contribution in [0.4, 0.5) is 0 Å². The first-order valence-electron chi connectivity index (χ1n) is 10.6. The van der Waals surface area contributed by atoms with Crippen LogP contribution in [0, 0.1) is 0 Å². The van der Waals surface area contributed by atoms with Gasteiger partial charge in [-0.3, -0.25) is 0 Å². The highest BCUT2D eigenvalue weighted by Crippen LogP contribution is 2.41. The number of rotatable bonds is 7. The van der Waals surface area contributed by atoms with E-state index in [1.165, 1.54) is 24.3 Å². The predicted molar refractivity (Wildman–Crippen MR) is 131 cm³/mol. The smallest absolute Gasteiger partial charge is 0.336 e. The van der Waals surface area contributed by atoms with E-state index in [4.69, 9.17) is 0 Å². The Morgan fingerprint density at radius 2 is 0.639 bits per heavy atom. The van der Waals surface area contributed by atoms with E-state index in [2.05, 4.69) is 0 Å². The predicted octanol–water partition coefficient (Wildman–Crippen LogP) is 5.48. The van der Waals surface area contributed by atoms with Gasteiger partial charge in [0.05, 0.1) is 22.3 Å². The van der Waals surface area contributed by atoms with Crippen LogP contribution >= 0.6 is 0 Å². The first kappa shape index (κ1) is 23.9. The van der Waals surface area contributed by atoms with Crippen molar-refractivity contribution in [2.24, 2.45) is 0 Å². The Bertz CT molecular complexity index is 1410. The number of carboxylic acid groups (broad SMARTS) is 4. The van der Waals surface area contributed by atoms with Crippen LogP contribution in [0.3, 0.4) is 0 Å². The lowest BCUT2D eigenvalue weighted by Crippen LogP contribution is -2.11. The largest absolute Gasteiger partial charge is 0.478 e. The van der Waals surface area contributed by atoms with Gasteiger partial charge in [0.2, 0.25) is 0 Å². The van der Waals surface area contributed by atoms with Crippen LogP contribution in [0.1, 0.15) is 41.4 Å². The lowest BCUT2D eigenvalue weighted by molar-refractivity contribution is 0.0651. The summed E-state index contributed by atoms with van der Waals surface area (Å²) in [5.41, 5.74) is 0.424. The zero-order chi connectivity index (χ0) is 26.0. The minimum atomic E-state index is -1.48. The molecule has 0 atom stereocenters. The average molecular weight is 482 g/mol. The summed E-state index contributed by atoms with van der Waals surface area (Å²) in [5.74, 6) is -5.83. The number of carboxylic acids is 4. The monoisotopic (exact) mass is 482 g/mol. The third kappa shape index (κ3) is 4.43. The molecule has 36 heavy (non-hydrogen) atoms. The molecule has 0 aliphatic heterocycles. The molecule has 0 unspecified atom stereocenters. The fraction of sp³-hybridized carbons (Fsp3) is 0. The molecule has 0 fully saturated rings. The maximum atomic E-state index is 12.0. The molecule has 0 aromatic heterocycles. The Balaban J connectivity index is 2.19. The Hall–Kier alpha value is -5.24. The third-order valence-electron chi connectivity index (χ3n) is 5.70. The minimum absolute atomic E-state index is 0.238. The Kier molecular flexibility index (Phi) is 6.34. The molecule has 0 aliphatic rings. The van der Waals surface area contributed by atoms with Gasteiger partial charge in [-0.2, -0.15) is 0 Å². The zero-order valence-corrected chi connectivity index (χ0v) is 18.5. The lowest BCUT2D eigenvalue weighted by Gasteiger charge is -2.19. The maximum Gasteiger partial charge on any atom is 0.336 e. The molecule has 8 heteroatoms. The third-order valence-corrected chi connectivity index (χ3v) is 5.70. The fourth-order valence-electron chi connectivity index (χ4n) is 4.07. The van der Waals surface area contributed by atoms with E-state index in [0.717, 1.165) is 0 Å². The van der Waals surface area contributed by atoms with E-state index in [0.29, 0.717) is 22.3 Å². The van der Waals surface area contributed by atoms with Crippen molar-refractivity contribution < 1.29 is 39.6 Å². The van der Waals surface area contributed by atoms with Crippen LogP contribution in [0.5, 0.6) is 0 Å². The molecule has 0 saturated carbocycles. The Morgan fingerprint density at radius 1 is 0.389 bits per heavy atom. The van der Waals surface area contributed by atoms with Crippen molar-refractivity contribution in [2.45, 2.75) is 0 Å². The number of benzene rings is 4. The second-order valence-corrected chi connectivity index (χ2v) is 7.84. The van der Waals surface area contributed by atoms with Crippen molar-refractivity contribution >= 4 is 23.9 Å². The summed E-state index contributed by atoms with van der Waals surface area (Å²) >= 11 is 0. The Morgan fingerprint density at radius 3 is 0.889 bits per heavy atom. The standard InChI is InChI=1S/C28H18O8/c29-25(30)21-11-17(15-7-3-1-4-8-15)19(13-23(21)27(33)34)20-14-24(28(35)36)22(26(31)32)12-18(20)16-9-5-2-6-10-16/h1-14H,(H,29,30)(H,31,32)(H,33,34)(H,35,36). The summed E-state index contributed by atoms with van der Waals surface area (Å²) in [7, 11) is 0. The van der Waals surface area contributed by atoms with E-state index in [1.807, 2.05) is 0 Å². The molecule has 4 rings (SSSR count). The van der Waals surface area contributed by atoms with Crippen LogP contribution in [0.15, 0.2) is 84.9 Å². The molecular weight excluding hydrogens is 464 g/mol. The molecule has 0 bridgehead atoms. The molecule has 0 saturated heterocycles. The summed E-state index contributed by atoms with van der Waals surface area (Å²) in [4.78, 5) is 47.8. The highest BCUT2D eigenvalue weighted by atomic mass is 16.4. The summed E-state index contributed by atoms with van der Waals surface area (Å²) in [6.45, 7) is 0. The van der Waals surface area contributed by atoms with Gasteiger partial charge in [0.15, 0.2) is 0 Å². The van der Waals surface area contributed by atoms with Gasteiger partial charge < -0.3 is 20.4 Å². The number of hydrogen-bond donors (Lipinski definition) is 4. The highest BCUT2D eigenvalue weighted by Gasteiger charge is 2.25. The van der Waals surface area contributed by atoms with Gasteiger partial charge in [0.1, 0.15) is 0 Å². The van der Waals surface area contributed by atoms with Crippen molar-refractivity contribution in [3.63, 3.8) is 0 Å². The number of hydrogen-bond acceptors (Lipinski definition) is 4. The SMILES string of the molecule is O=C(O)c1cc(-c2ccccc2)c(-c2cc(C(=O)O)c(C(=O)O)cc2-c2ccccc2)cc1C(=O)O. The second kappa shape index (κ2) is 9.55. The molecule has 0 spiro atoms. The molecule has 4 aromatic carbocycles. The van der Waals surface area contributed by atoms with Crippen LogP contribution in [-0.2, 0) is 0 Å². The van der Waals surface area contributed by atoms with Crippen molar-refractivity contribution in [3.05, 3.63) is 107 Å². The van der Waals surface area contributed by atoms with Gasteiger partial charge in [-0.1, -0.05) is 60.7 Å². The van der Waals surface area contributed by atoms with E-state index >= 15 is 0 Å². The number of carbonyl (C=O) groups is 4. The van der Waals surface area contributed by atoms with Crippen molar-refractivity contribution in [2.75, 3.05) is 0 Å². The molecule has 4 N–H and O–H groups in total. The molecule has 0 aliphatic carbocycles. The summed E-state index contributed by atoms with van der Waals surface area (Å²) in [6, 6.07) is 22.0. The van der Waals surface area contributed by atoms with Gasteiger partial charge in [0, 0.05) is 0 Å². The van der Waals surface area contributed by atoms with E-state index in [-0.39, 0.29) is 11.1 Å². The van der Waals surface area contributed by atoms with Crippen LogP contribution in [0.25, 0.3) is 33.4 Å². The van der Waals surface area contributed by atoms with E-state index in [1.54, 1.807) is 60.7 Å². The molecule has 0 heterocycles. The average Bonchev–Trinajstić information content (AvgIpc) is 2.88. The first-order chi connectivity index (χ1) is 17.2. The van der Waals surface area contributed by atoms with Crippen molar-refractivity contribution in [1.82, 2.24) is 0 Å². The van der Waals surface area contributed by atoms with Crippen LogP contribution in [0.2, 0.25) is 0 Å². The van der Waals surface area contributed by atoms with Gasteiger partial charge >= 0.3 is 23.9 Å². The Labute approximate surface area is 204 Å². The van der Waals surface area contributed by atoms with Crippen LogP contribution < -0.4 is 0 Å². The van der Waals surface area contributed by atoms with Gasteiger partial charge in [0.25, 0.3) is 0 Å². The highest BCUT2D eigenvalue weighted by molar-refractivity contribution is 6.09. The first-order valence-corrected chi connectivity index (χ1v) is 10.6. The van der Waals surface area contributed by atoms with Crippen molar-refractivity contribution in [1.29, 1.82) is 0 Å². The minimum Gasteiger partial charge on any atom is -0.478 e. The molecular formula is C28H18O8. The molecule has 0 radical (unpaired) electrons. The number of aromatic carboxylic acids is 4. The van der Waals surface area contributed by atoms with Crippen LogP contribution in [-0.4, -0.2) is 44.3 Å². The topological polar surface area (TPSA) is 149 Å². The summed E-state index contributed by atoms with van der Waals surface area (Å²) in [6.07, 6.45) is 0. The quantitative estimate of drug-likeness (QED) is 0.270. The van der Waals surface area contributed by atoms with E-state index < -0.39 is 46.1 Å². The van der Waals surface area contributed by atoms with Gasteiger partial charge in [-0.25, -0.2) is 19.2 Å². The summed E-state index contributed by atoms with van der Waals surface area (Å²) in [5, 5.41) is 38.9. The molecule has 0 amide bonds. The van der Waals surface area contributed by atoms with Crippen molar-refractivity contribution in [3.8, 4) is 33.4 Å². The molecule has 178 valence electrons.